The van der Waals surface area contributed by atoms with E-state index in [1.165, 1.54) is 6.07 Å². The van der Waals surface area contributed by atoms with Gasteiger partial charge in [0.2, 0.25) is 11.8 Å². The Morgan fingerprint density at radius 2 is 1.04 bits per heavy atom. The van der Waals surface area contributed by atoms with Crippen molar-refractivity contribution < 1.29 is 23.9 Å². The van der Waals surface area contributed by atoms with E-state index in [2.05, 4.69) is 0 Å². The Balaban J connectivity index is 1.53. The molecule has 5 aromatic rings. The van der Waals surface area contributed by atoms with Crippen molar-refractivity contribution in [2.75, 3.05) is 11.5 Å². The number of ketones is 1. The molecule has 3 aliphatic rings. The summed E-state index contributed by atoms with van der Waals surface area (Å²) in [7, 11) is 0. The van der Waals surface area contributed by atoms with Gasteiger partial charge < -0.3 is 4.74 Å². The van der Waals surface area contributed by atoms with Gasteiger partial charge in [-0.25, -0.2) is 9.69 Å². The van der Waals surface area contributed by atoms with Crippen molar-refractivity contribution in [3.8, 4) is 0 Å². The van der Waals surface area contributed by atoms with Gasteiger partial charge in [0.25, 0.3) is 0 Å². The number of hydrogen-bond donors (Lipinski definition) is 0. The van der Waals surface area contributed by atoms with Crippen LogP contribution in [0.15, 0.2) is 133 Å². The molecule has 0 unspecified atom stereocenters. The first-order valence-corrected chi connectivity index (χ1v) is 17.1. The van der Waals surface area contributed by atoms with Crippen LogP contribution >= 0.6 is 23.2 Å². The van der Waals surface area contributed by atoms with Crippen LogP contribution in [-0.2, 0) is 30.0 Å². The van der Waals surface area contributed by atoms with Gasteiger partial charge in [0.05, 0.1) is 40.5 Å². The molecule has 5 aromatic carbocycles. The number of Topliss-reactive ketones (excluding diaryl/α,β-unsaturated/α-hetero) is 1. The second-order valence-electron chi connectivity index (χ2n) is 12.6. The number of hydrogen-bond acceptors (Lipinski definition) is 5. The number of allylic oxidation sites excluding steroid dienone is 2. The van der Waals surface area contributed by atoms with E-state index in [9.17, 15) is 4.79 Å². The Kier molecular flexibility index (Phi) is 7.62. The molecule has 8 rings (SSSR count). The minimum atomic E-state index is -1.62. The van der Waals surface area contributed by atoms with E-state index in [0.29, 0.717) is 32.3 Å². The monoisotopic (exact) mass is 697 g/mol. The molecule has 2 fully saturated rings. The number of fused-ring (bicyclic) bond motifs is 5. The predicted molar refractivity (Wildman–Crippen MR) is 193 cm³/mol. The van der Waals surface area contributed by atoms with E-state index in [1.807, 2.05) is 60.7 Å². The largest absolute Gasteiger partial charge is 0.462 e. The quantitative estimate of drug-likeness (QED) is 0.126. The van der Waals surface area contributed by atoms with E-state index in [0.717, 1.165) is 16.0 Å². The van der Waals surface area contributed by atoms with Gasteiger partial charge in [-0.15, -0.1) is 0 Å². The van der Waals surface area contributed by atoms with Crippen molar-refractivity contribution in [1.29, 1.82) is 0 Å². The lowest BCUT2D eigenvalue weighted by Crippen LogP contribution is -2.46. The summed E-state index contributed by atoms with van der Waals surface area (Å²) >= 11 is 12.9. The highest BCUT2D eigenvalue weighted by Crippen LogP contribution is 2.74. The number of esters is 1. The highest BCUT2D eigenvalue weighted by Gasteiger charge is 2.82. The van der Waals surface area contributed by atoms with Gasteiger partial charge in [-0.05, 0) is 76.7 Å². The minimum Gasteiger partial charge on any atom is -0.462 e. The third kappa shape index (κ3) is 4.22. The molecule has 50 heavy (non-hydrogen) atoms. The zero-order valence-corrected chi connectivity index (χ0v) is 28.3. The first kappa shape index (κ1) is 31.9. The maximum atomic E-state index is 16.1. The average molecular weight is 699 g/mol. The summed E-state index contributed by atoms with van der Waals surface area (Å²) in [5, 5.41) is 0.919. The average Bonchev–Trinajstić information content (AvgIpc) is 3.65. The van der Waals surface area contributed by atoms with Crippen molar-refractivity contribution >= 4 is 63.6 Å². The summed E-state index contributed by atoms with van der Waals surface area (Å²) in [6, 6.07) is 39.5. The number of ether oxygens (including phenoxy) is 1. The molecule has 246 valence electrons. The Morgan fingerprint density at radius 3 is 1.48 bits per heavy atom. The first-order chi connectivity index (χ1) is 24.3. The lowest BCUT2D eigenvalue weighted by molar-refractivity contribution is -0.130. The molecule has 4 atom stereocenters. The number of nitrogens with zero attached hydrogens (tertiary/aromatic N) is 1. The number of halogens is 2. The number of carbonyl (C=O) groups is 4. The molecular formula is C42H29Cl2NO5. The van der Waals surface area contributed by atoms with Crippen molar-refractivity contribution in [2.24, 2.45) is 11.8 Å². The lowest BCUT2D eigenvalue weighted by Gasteiger charge is -2.39. The maximum Gasteiger partial charge on any atom is 0.340 e. The summed E-state index contributed by atoms with van der Waals surface area (Å²) in [5.74, 6) is -4.42. The fraction of sp³-hybridized carbons (Fsp3) is 0.143. The van der Waals surface area contributed by atoms with Crippen LogP contribution in [0, 0.1) is 11.8 Å². The number of benzene rings is 5. The van der Waals surface area contributed by atoms with Crippen LogP contribution in [0.25, 0.3) is 11.1 Å². The number of amides is 2. The molecule has 0 aromatic heterocycles. The van der Waals surface area contributed by atoms with E-state index >= 15 is 14.4 Å². The van der Waals surface area contributed by atoms with Crippen LogP contribution in [-0.4, -0.2) is 30.2 Å². The first-order valence-electron chi connectivity index (χ1n) is 16.3. The zero-order valence-electron chi connectivity index (χ0n) is 26.8. The van der Waals surface area contributed by atoms with E-state index in [1.54, 1.807) is 73.7 Å². The minimum absolute atomic E-state index is 0.0790. The molecular weight excluding hydrogens is 669 g/mol. The molecule has 1 aliphatic heterocycles. The molecule has 2 aliphatic carbocycles. The van der Waals surface area contributed by atoms with Gasteiger partial charge in [-0.1, -0.05) is 120 Å². The second-order valence-corrected chi connectivity index (χ2v) is 13.5. The van der Waals surface area contributed by atoms with Crippen LogP contribution in [0.2, 0.25) is 10.0 Å². The van der Waals surface area contributed by atoms with Crippen LogP contribution in [0.5, 0.6) is 0 Å². The maximum absolute atomic E-state index is 16.1. The van der Waals surface area contributed by atoms with Crippen molar-refractivity contribution in [3.63, 3.8) is 0 Å². The van der Waals surface area contributed by atoms with Gasteiger partial charge in [0.1, 0.15) is 0 Å². The molecule has 1 saturated carbocycles. The topological polar surface area (TPSA) is 80.8 Å². The normalized spacial score (nSPS) is 23.8. The number of para-hydroxylation sites is 1. The number of rotatable bonds is 7. The van der Waals surface area contributed by atoms with Gasteiger partial charge in [-0.3, -0.25) is 14.4 Å². The zero-order chi connectivity index (χ0) is 34.8. The van der Waals surface area contributed by atoms with Crippen LogP contribution in [0.4, 0.5) is 5.69 Å². The standard InChI is InChI=1S/C42H29Cl2NO5/c1-2-50-39(48)31-15-9-10-16-32(31)45-37(46)35-36(38(45)47)42(28-19-23-30(44)24-20-28)34(26-13-7-4-8-14-26)33(25-11-5-3-6-12-25)41(35,40(42)49)27-17-21-29(43)22-18-27/h3-24,35-36H,2H2,1H3/t35-,36-,41+,42+/m1/s1. The SMILES string of the molecule is CCOC(=O)c1ccccc1N1C(=O)[C@H]2[C@H](C1=O)[C@@]1(c3ccc(Cl)cc3)C(=O)[C@@]2(c2ccc(Cl)cc2)C(c2ccccc2)=C1c1ccccc1. The number of carbonyl (C=O) groups excluding carboxylic acids is 4. The highest BCUT2D eigenvalue weighted by molar-refractivity contribution is 6.39. The molecule has 0 spiro atoms. The number of imide groups is 1. The lowest BCUT2D eigenvalue weighted by atomic mass is 9.59. The van der Waals surface area contributed by atoms with Crippen molar-refractivity contribution in [1.82, 2.24) is 0 Å². The van der Waals surface area contributed by atoms with Gasteiger partial charge >= 0.3 is 5.97 Å². The van der Waals surface area contributed by atoms with Gasteiger partial charge in [0, 0.05) is 10.0 Å². The molecule has 2 amide bonds. The summed E-state index contributed by atoms with van der Waals surface area (Å²) < 4.78 is 5.34. The number of anilines is 1. The molecule has 1 saturated heterocycles. The molecule has 6 nitrogen and oxygen atoms in total. The molecule has 0 N–H and O–H groups in total. The van der Waals surface area contributed by atoms with E-state index in [-0.39, 0.29) is 23.6 Å². The molecule has 0 radical (unpaired) electrons. The smallest absolute Gasteiger partial charge is 0.340 e. The Labute approximate surface area is 298 Å². The third-order valence-corrected chi connectivity index (χ3v) is 10.9. The van der Waals surface area contributed by atoms with Crippen molar-refractivity contribution in [2.45, 2.75) is 17.8 Å². The Hall–Kier alpha value is -5.30. The van der Waals surface area contributed by atoms with Gasteiger partial charge in [-0.2, -0.15) is 0 Å². The van der Waals surface area contributed by atoms with Crippen LogP contribution in [0.1, 0.15) is 39.5 Å². The third-order valence-electron chi connectivity index (χ3n) is 10.4. The van der Waals surface area contributed by atoms with Crippen molar-refractivity contribution in [3.05, 3.63) is 171 Å². The summed E-state index contributed by atoms with van der Waals surface area (Å²) in [6.07, 6.45) is 0. The predicted octanol–water partition coefficient (Wildman–Crippen LogP) is 8.36. The highest BCUT2D eigenvalue weighted by atomic mass is 35.5. The Morgan fingerprint density at radius 1 is 0.620 bits per heavy atom. The molecule has 1 heterocycles. The summed E-state index contributed by atoms with van der Waals surface area (Å²) in [5.41, 5.74) is 0.822. The fourth-order valence-electron chi connectivity index (χ4n) is 8.64. The van der Waals surface area contributed by atoms with Crippen LogP contribution in [0.3, 0.4) is 0 Å². The molecule has 8 heteroatoms. The summed E-state index contributed by atoms with van der Waals surface area (Å²) in [4.78, 5) is 61.0. The Bertz CT molecular complexity index is 2110. The summed E-state index contributed by atoms with van der Waals surface area (Å²) in [6.45, 7) is 1.80. The molecule has 2 bridgehead atoms. The van der Waals surface area contributed by atoms with Gasteiger partial charge in [0.15, 0.2) is 5.78 Å². The second kappa shape index (κ2) is 11.9. The van der Waals surface area contributed by atoms with E-state index in [4.69, 9.17) is 27.9 Å². The fourth-order valence-corrected chi connectivity index (χ4v) is 8.90. The van der Waals surface area contributed by atoms with E-state index < -0.39 is 40.4 Å². The van der Waals surface area contributed by atoms with Crippen LogP contribution < -0.4 is 4.90 Å².